The van der Waals surface area contributed by atoms with Gasteiger partial charge in [0.15, 0.2) is 0 Å². The first-order valence-corrected chi connectivity index (χ1v) is 4.47. The van der Waals surface area contributed by atoms with Gasteiger partial charge in [-0.25, -0.2) is 4.79 Å². The van der Waals surface area contributed by atoms with Crippen LogP contribution in [-0.2, 0) is 9.47 Å². The van der Waals surface area contributed by atoms with Gasteiger partial charge < -0.3 is 19.5 Å². The fraction of sp³-hybridized carbons (Fsp3) is 0.875. The van der Waals surface area contributed by atoms with Crippen LogP contribution in [0.25, 0.3) is 0 Å². The molecule has 0 aromatic rings. The highest BCUT2D eigenvalue weighted by molar-refractivity contribution is 5.68. The summed E-state index contributed by atoms with van der Waals surface area (Å²) in [5, 5.41) is 9.43. The van der Waals surface area contributed by atoms with E-state index < -0.39 is 6.10 Å². The zero-order chi connectivity index (χ0) is 9.42. The zero-order valence-electron chi connectivity index (χ0n) is 7.47. The van der Waals surface area contributed by atoms with E-state index in [4.69, 9.17) is 9.47 Å². The molecular weight excluding hydrogens is 174 g/mol. The Labute approximate surface area is 76.2 Å². The van der Waals surface area contributed by atoms with Crippen molar-refractivity contribution in [2.75, 3.05) is 19.7 Å². The maximum Gasteiger partial charge on any atom is 0.409 e. The van der Waals surface area contributed by atoms with E-state index in [2.05, 4.69) is 0 Å². The quantitative estimate of drug-likeness (QED) is 0.567. The van der Waals surface area contributed by atoms with Gasteiger partial charge in [-0.1, -0.05) is 0 Å². The Hall–Kier alpha value is -0.810. The van der Waals surface area contributed by atoms with Crippen LogP contribution in [0.3, 0.4) is 0 Å². The number of likely N-dealkylation sites (tertiary alicyclic amines) is 1. The maximum atomic E-state index is 11.2. The molecule has 74 valence electrons. The van der Waals surface area contributed by atoms with E-state index in [9.17, 15) is 9.90 Å². The molecule has 5 nitrogen and oxygen atoms in total. The minimum atomic E-state index is -0.553. The molecule has 0 aromatic carbocycles. The number of rotatable bonds is 1. The standard InChI is InChI=1S/C8H13NO4/c1-2-12-8(11)9-3-5(10)7-6(4-9)13-7/h5-7,10H,2-4H2,1H3/t5-,6-,7+/m1/s1. The number of epoxide rings is 1. The van der Waals surface area contributed by atoms with Crippen LogP contribution in [0.5, 0.6) is 0 Å². The molecule has 13 heavy (non-hydrogen) atoms. The minimum absolute atomic E-state index is 0.0214. The van der Waals surface area contributed by atoms with Crippen molar-refractivity contribution in [2.24, 2.45) is 0 Å². The van der Waals surface area contributed by atoms with Crippen molar-refractivity contribution in [1.82, 2.24) is 4.90 Å². The Balaban J connectivity index is 1.89. The van der Waals surface area contributed by atoms with E-state index in [0.29, 0.717) is 19.7 Å². The molecule has 2 aliphatic heterocycles. The van der Waals surface area contributed by atoms with Gasteiger partial charge in [-0.2, -0.15) is 0 Å². The molecule has 2 fully saturated rings. The van der Waals surface area contributed by atoms with E-state index in [1.165, 1.54) is 4.90 Å². The third-order valence-electron chi connectivity index (χ3n) is 2.33. The van der Waals surface area contributed by atoms with Crippen LogP contribution >= 0.6 is 0 Å². The van der Waals surface area contributed by atoms with Crippen molar-refractivity contribution in [1.29, 1.82) is 0 Å². The van der Waals surface area contributed by atoms with E-state index in [1.807, 2.05) is 0 Å². The fourth-order valence-corrected chi connectivity index (χ4v) is 1.63. The second-order valence-electron chi connectivity index (χ2n) is 3.31. The molecule has 1 N–H and O–H groups in total. The summed E-state index contributed by atoms with van der Waals surface area (Å²) in [6.07, 6.45) is -0.947. The second-order valence-corrected chi connectivity index (χ2v) is 3.31. The third-order valence-corrected chi connectivity index (χ3v) is 2.33. The first-order valence-electron chi connectivity index (χ1n) is 4.47. The highest BCUT2D eigenvalue weighted by Gasteiger charge is 2.50. The molecule has 0 radical (unpaired) electrons. The van der Waals surface area contributed by atoms with Gasteiger partial charge in [-0.05, 0) is 6.92 Å². The van der Waals surface area contributed by atoms with Gasteiger partial charge in [-0.3, -0.25) is 0 Å². The highest BCUT2D eigenvalue weighted by atomic mass is 16.6. The SMILES string of the molecule is CCOC(=O)N1C[C@@H](O)[C@@H]2O[C@@H]2C1. The lowest BCUT2D eigenvalue weighted by Gasteiger charge is -2.26. The molecule has 2 rings (SSSR count). The lowest BCUT2D eigenvalue weighted by atomic mass is 10.1. The summed E-state index contributed by atoms with van der Waals surface area (Å²) >= 11 is 0. The van der Waals surface area contributed by atoms with Gasteiger partial charge in [0.25, 0.3) is 0 Å². The number of amides is 1. The van der Waals surface area contributed by atoms with Gasteiger partial charge in [0.1, 0.15) is 18.3 Å². The van der Waals surface area contributed by atoms with Crippen molar-refractivity contribution in [3.63, 3.8) is 0 Å². The van der Waals surface area contributed by atoms with E-state index in [0.717, 1.165) is 0 Å². The summed E-state index contributed by atoms with van der Waals surface area (Å²) in [6.45, 7) is 2.98. The average Bonchev–Trinajstić information content (AvgIpc) is 2.84. The lowest BCUT2D eigenvalue weighted by molar-refractivity contribution is 0.0608. The Morgan fingerprint density at radius 2 is 2.46 bits per heavy atom. The number of carbonyl (C=O) groups is 1. The Morgan fingerprint density at radius 1 is 1.69 bits per heavy atom. The van der Waals surface area contributed by atoms with Crippen LogP contribution < -0.4 is 0 Å². The average molecular weight is 187 g/mol. The van der Waals surface area contributed by atoms with Crippen LogP contribution in [0.15, 0.2) is 0 Å². The van der Waals surface area contributed by atoms with Crippen LogP contribution in [0.4, 0.5) is 4.79 Å². The molecule has 0 unspecified atom stereocenters. The molecule has 5 heteroatoms. The maximum absolute atomic E-state index is 11.2. The van der Waals surface area contributed by atoms with E-state index >= 15 is 0 Å². The molecule has 0 aliphatic carbocycles. The fourth-order valence-electron chi connectivity index (χ4n) is 1.63. The summed E-state index contributed by atoms with van der Waals surface area (Å²) in [7, 11) is 0. The largest absolute Gasteiger partial charge is 0.450 e. The second kappa shape index (κ2) is 3.16. The number of carbonyl (C=O) groups excluding carboxylic acids is 1. The van der Waals surface area contributed by atoms with E-state index in [1.54, 1.807) is 6.92 Å². The molecule has 2 heterocycles. The molecule has 0 aromatic heterocycles. The summed E-state index contributed by atoms with van der Waals surface area (Å²) < 4.78 is 9.97. The van der Waals surface area contributed by atoms with Crippen molar-refractivity contribution < 1.29 is 19.4 Å². The molecule has 1 amide bonds. The predicted molar refractivity (Wildman–Crippen MR) is 43.3 cm³/mol. The topological polar surface area (TPSA) is 62.3 Å². The normalized spacial score (nSPS) is 36.8. The van der Waals surface area contributed by atoms with Gasteiger partial charge in [0.2, 0.25) is 0 Å². The number of aliphatic hydroxyl groups is 1. The first-order chi connectivity index (χ1) is 6.22. The summed E-state index contributed by atoms with van der Waals surface area (Å²) in [5.74, 6) is 0. The van der Waals surface area contributed by atoms with Gasteiger partial charge in [0.05, 0.1) is 19.7 Å². The van der Waals surface area contributed by atoms with E-state index in [-0.39, 0.29) is 18.3 Å². The van der Waals surface area contributed by atoms with Crippen molar-refractivity contribution >= 4 is 6.09 Å². The number of hydrogen-bond donors (Lipinski definition) is 1. The number of hydrogen-bond acceptors (Lipinski definition) is 4. The monoisotopic (exact) mass is 187 g/mol. The van der Waals surface area contributed by atoms with Crippen molar-refractivity contribution in [3.8, 4) is 0 Å². The number of aliphatic hydroxyl groups excluding tert-OH is 1. The van der Waals surface area contributed by atoms with Crippen LogP contribution in [0, 0.1) is 0 Å². The molecule has 2 aliphatic rings. The van der Waals surface area contributed by atoms with Gasteiger partial charge in [0, 0.05) is 0 Å². The number of β-amino-alcohol motifs (C(OH)–C–C–N with tert-alkyl or cyclic N) is 1. The van der Waals surface area contributed by atoms with Crippen LogP contribution in [0.1, 0.15) is 6.92 Å². The van der Waals surface area contributed by atoms with Crippen LogP contribution in [0.2, 0.25) is 0 Å². The predicted octanol–water partition coefficient (Wildman–Crippen LogP) is -0.413. The lowest BCUT2D eigenvalue weighted by Crippen LogP contribution is -2.46. The van der Waals surface area contributed by atoms with Crippen molar-refractivity contribution in [2.45, 2.75) is 25.2 Å². The molecule has 2 saturated heterocycles. The molecule has 0 saturated carbocycles. The van der Waals surface area contributed by atoms with Gasteiger partial charge >= 0.3 is 6.09 Å². The molecule has 0 bridgehead atoms. The smallest absolute Gasteiger partial charge is 0.409 e. The number of ether oxygens (including phenoxy) is 2. The minimum Gasteiger partial charge on any atom is -0.450 e. The Bertz CT molecular complexity index is 220. The number of piperidine rings is 1. The molecule has 3 atom stereocenters. The first kappa shape index (κ1) is 8.77. The number of nitrogens with zero attached hydrogens (tertiary/aromatic N) is 1. The summed E-state index contributed by atoms with van der Waals surface area (Å²) in [5.41, 5.74) is 0. The van der Waals surface area contributed by atoms with Crippen LogP contribution in [-0.4, -0.2) is 54.1 Å². The zero-order valence-corrected chi connectivity index (χ0v) is 7.47. The summed E-state index contributed by atoms with van der Waals surface area (Å²) in [4.78, 5) is 12.7. The molecular formula is C8H13NO4. The van der Waals surface area contributed by atoms with Crippen molar-refractivity contribution in [3.05, 3.63) is 0 Å². The van der Waals surface area contributed by atoms with Gasteiger partial charge in [-0.15, -0.1) is 0 Å². The summed E-state index contributed by atoms with van der Waals surface area (Å²) in [6, 6.07) is 0. The number of fused-ring (bicyclic) bond motifs is 1. The Kier molecular flexibility index (Phi) is 2.13. The Morgan fingerprint density at radius 3 is 3.08 bits per heavy atom. The highest BCUT2D eigenvalue weighted by Crippen LogP contribution is 2.31. The third kappa shape index (κ3) is 1.62. The molecule has 0 spiro atoms.